The fourth-order valence-electron chi connectivity index (χ4n) is 18.8. The van der Waals surface area contributed by atoms with Crippen LogP contribution in [0.15, 0.2) is 433 Å². The molecule has 0 aliphatic rings. The molecule has 0 aliphatic carbocycles. The van der Waals surface area contributed by atoms with Gasteiger partial charge in [0.25, 0.3) is 0 Å². The molecule has 0 spiro atoms. The van der Waals surface area contributed by atoms with Crippen molar-refractivity contribution in [1.29, 1.82) is 0 Å². The van der Waals surface area contributed by atoms with E-state index in [1.165, 1.54) is 83.8 Å². The van der Waals surface area contributed by atoms with Gasteiger partial charge >= 0.3 is 0 Å². The first-order valence-corrected chi connectivity index (χ1v) is 44.6. The molecule has 0 saturated carbocycles. The molecule has 26 aromatic rings. The summed E-state index contributed by atoms with van der Waals surface area (Å²) in [5.41, 5.74) is 22.5. The third-order valence-corrected chi connectivity index (χ3v) is 27.4. The summed E-state index contributed by atoms with van der Waals surface area (Å²) in [6.07, 6.45) is 0. The summed E-state index contributed by atoms with van der Waals surface area (Å²) in [6.45, 7) is 0. The van der Waals surface area contributed by atoms with Crippen molar-refractivity contribution in [3.8, 4) is 135 Å². The molecule has 8 nitrogen and oxygen atoms in total. The Hall–Kier alpha value is -16.5. The van der Waals surface area contributed by atoms with E-state index in [0.29, 0.717) is 34.9 Å². The van der Waals surface area contributed by atoms with E-state index in [4.69, 9.17) is 38.7 Å². The molecule has 20 aromatic carbocycles. The van der Waals surface area contributed by atoms with Crippen LogP contribution in [0.1, 0.15) is 0 Å². The zero-order chi connectivity index (χ0) is 84.3. The van der Waals surface area contributed by atoms with E-state index in [-0.39, 0.29) is 0 Å². The highest BCUT2D eigenvalue weighted by Gasteiger charge is 2.25. The van der Waals surface area contributed by atoms with E-state index in [1.54, 1.807) is 11.3 Å². The fraction of sp³-hybridized carbons (Fsp3) is 0. The second-order valence-corrected chi connectivity index (χ2v) is 34.8. The van der Waals surface area contributed by atoms with Crippen molar-refractivity contribution >= 4 is 150 Å². The molecule has 6 heterocycles. The van der Waals surface area contributed by atoms with Crippen molar-refractivity contribution in [2.24, 2.45) is 0 Å². The van der Waals surface area contributed by atoms with E-state index >= 15 is 0 Å². The largest absolute Gasteiger partial charge is 0.455 e. The van der Waals surface area contributed by atoms with Crippen LogP contribution in [0.5, 0.6) is 0 Å². The van der Waals surface area contributed by atoms with Crippen molar-refractivity contribution in [1.82, 2.24) is 29.9 Å². The Morgan fingerprint density at radius 2 is 0.500 bits per heavy atom. The van der Waals surface area contributed by atoms with Crippen molar-refractivity contribution in [2.45, 2.75) is 0 Å². The smallest absolute Gasteiger partial charge is 0.164 e. The number of rotatable bonds is 12. The van der Waals surface area contributed by atoms with Gasteiger partial charge in [-0.15, -0.1) is 22.7 Å². The van der Waals surface area contributed by atoms with E-state index in [9.17, 15) is 0 Å². The molecular weight excluding hydrogens is 1600 g/mol. The summed E-state index contributed by atoms with van der Waals surface area (Å²) < 4.78 is 18.7. The van der Waals surface area contributed by atoms with Crippen molar-refractivity contribution in [3.05, 3.63) is 425 Å². The highest BCUT2D eigenvalue weighted by atomic mass is 32.1. The third kappa shape index (κ3) is 13.0. The third-order valence-electron chi connectivity index (χ3n) is 25.1. The zero-order valence-corrected chi connectivity index (χ0v) is 70.4. The number of hydrogen-bond acceptors (Lipinski definition) is 10. The molecule has 10 heteroatoms. The van der Waals surface area contributed by atoms with Gasteiger partial charge in [0.1, 0.15) is 22.3 Å². The Morgan fingerprint density at radius 1 is 0.156 bits per heavy atom. The Balaban J connectivity index is 0.000000140. The number of hydrogen-bond donors (Lipinski definition) is 0. The molecule has 128 heavy (non-hydrogen) atoms. The minimum atomic E-state index is 0.614. The number of furan rings is 2. The highest BCUT2D eigenvalue weighted by molar-refractivity contribution is 7.26. The normalized spacial score (nSPS) is 11.8. The molecule has 596 valence electrons. The number of fused-ring (bicyclic) bond motifs is 17. The van der Waals surface area contributed by atoms with E-state index < -0.39 is 0 Å². The average Bonchev–Trinajstić information content (AvgIpc) is 1.49. The minimum absolute atomic E-state index is 0.614. The summed E-state index contributed by atoms with van der Waals surface area (Å²) in [5, 5.41) is 18.7. The van der Waals surface area contributed by atoms with Gasteiger partial charge in [0.05, 0.1) is 0 Å². The van der Waals surface area contributed by atoms with Gasteiger partial charge in [0.2, 0.25) is 0 Å². The summed E-state index contributed by atoms with van der Waals surface area (Å²) in [7, 11) is 0. The van der Waals surface area contributed by atoms with Crippen LogP contribution >= 0.6 is 22.7 Å². The molecule has 0 N–H and O–H groups in total. The van der Waals surface area contributed by atoms with Crippen LogP contribution in [0, 0.1) is 0 Å². The molecular formula is C118H70N6O2S2. The first kappa shape index (κ1) is 74.2. The molecule has 0 radical (unpaired) electrons. The van der Waals surface area contributed by atoms with Gasteiger partial charge < -0.3 is 8.83 Å². The molecule has 6 aromatic heterocycles. The van der Waals surface area contributed by atoms with E-state index in [2.05, 4.69) is 406 Å². The van der Waals surface area contributed by atoms with E-state index in [0.717, 1.165) is 144 Å². The first-order valence-electron chi connectivity index (χ1n) is 43.0. The molecule has 0 atom stereocenters. The Labute approximate surface area is 743 Å². The molecule has 26 rings (SSSR count). The fourth-order valence-corrected chi connectivity index (χ4v) is 21.0. The van der Waals surface area contributed by atoms with Crippen LogP contribution in [0.2, 0.25) is 0 Å². The molecule has 0 bridgehead atoms. The molecule has 0 aliphatic heterocycles. The molecule has 0 amide bonds. The topological polar surface area (TPSA) is 104 Å². The van der Waals surface area contributed by atoms with Crippen LogP contribution in [-0.2, 0) is 0 Å². The van der Waals surface area contributed by atoms with Gasteiger partial charge in [-0.05, 0) is 178 Å². The van der Waals surface area contributed by atoms with Crippen molar-refractivity contribution in [2.75, 3.05) is 0 Å². The van der Waals surface area contributed by atoms with Crippen LogP contribution in [0.3, 0.4) is 0 Å². The summed E-state index contributed by atoms with van der Waals surface area (Å²) in [4.78, 5) is 31.1. The number of thiophene rings is 2. The Bertz CT molecular complexity index is 8920. The maximum atomic E-state index is 7.02. The number of benzene rings is 20. The lowest BCUT2D eigenvalue weighted by Crippen LogP contribution is -2.00. The molecule has 0 saturated heterocycles. The maximum Gasteiger partial charge on any atom is 0.164 e. The second kappa shape index (κ2) is 30.8. The highest BCUT2D eigenvalue weighted by Crippen LogP contribution is 2.49. The second-order valence-electron chi connectivity index (χ2n) is 32.6. The van der Waals surface area contributed by atoms with Gasteiger partial charge in [-0.3, -0.25) is 0 Å². The van der Waals surface area contributed by atoms with Crippen LogP contribution < -0.4 is 0 Å². The molecule has 0 fully saturated rings. The number of nitrogens with zero attached hydrogens (tertiary/aromatic N) is 6. The molecule has 0 unspecified atom stereocenters. The summed E-state index contributed by atoms with van der Waals surface area (Å²) in [5.74, 6) is 3.77. The standard InChI is InChI=1S/C63H37N3OS.C55H33N3OS/c1-2-12-38(13-3-1)39-22-26-41(27-23-39)61-64-62(66-63(65-61)46-30-33-58-54(36-46)51-20-10-11-21-57(51)68-58)42-28-24-40(25-29-42)48-31-32-52(53-35-45-16-6-7-17-47(45)49-18-8-9-19-50(49)53)60-59(48)55-34-43-14-4-5-15-44(43)37-56(55)67-60;1-3-12-34(13-4-1)35-22-26-38(27-23-35)53-56-54(58-55(57-53)45-19-11-21-49-50(45)44-18-9-10-20-48(44)60-49)39-28-24-37(25-29-39)42-30-31-43(36-14-5-2-6-15-36)52-51(42)46-32-40-16-7-8-17-41(40)33-47(46)59-52/h1-37H;1-33H. The van der Waals surface area contributed by atoms with Gasteiger partial charge in [0, 0.05) is 106 Å². The van der Waals surface area contributed by atoms with Crippen LogP contribution in [-0.4, -0.2) is 29.9 Å². The van der Waals surface area contributed by atoms with Gasteiger partial charge in [0.15, 0.2) is 34.9 Å². The van der Waals surface area contributed by atoms with E-state index in [1.807, 2.05) is 29.5 Å². The monoisotopic (exact) mass is 1670 g/mol. The lowest BCUT2D eigenvalue weighted by Gasteiger charge is -2.13. The van der Waals surface area contributed by atoms with Crippen molar-refractivity contribution in [3.63, 3.8) is 0 Å². The lowest BCUT2D eigenvalue weighted by atomic mass is 9.90. The minimum Gasteiger partial charge on any atom is -0.455 e. The van der Waals surface area contributed by atoms with Crippen LogP contribution in [0.4, 0.5) is 0 Å². The van der Waals surface area contributed by atoms with Crippen molar-refractivity contribution < 1.29 is 8.83 Å². The predicted octanol–water partition coefficient (Wildman–Crippen LogP) is 32.9. The quantitative estimate of drug-likeness (QED) is 0.111. The maximum absolute atomic E-state index is 7.02. The SMILES string of the molecule is c1ccc(-c2ccc(-c3nc(-c4ccc(-c5ccc(-c6cc7ccccc7c7ccccc67)c6oc7cc8ccccc8cc7c56)cc4)nc(-c4ccc5sc6ccccc6c5c4)n3)cc2)cc1.c1ccc(-c2ccc(-c3nc(-c4ccc(-c5ccc(-c6ccccc6)c6oc7cc8ccccc8cc7c56)cc4)nc(-c4cccc5sc6ccccc6c45)n3)cc2)cc1. The average molecular weight is 1670 g/mol. The first-order chi connectivity index (χ1) is 63.4. The van der Waals surface area contributed by atoms with Gasteiger partial charge in [-0.25, -0.2) is 29.9 Å². The van der Waals surface area contributed by atoms with Crippen LogP contribution in [0.25, 0.3) is 262 Å². The zero-order valence-electron chi connectivity index (χ0n) is 68.7. The van der Waals surface area contributed by atoms with Gasteiger partial charge in [-0.1, -0.05) is 346 Å². The Kier molecular flexibility index (Phi) is 17.8. The number of aromatic nitrogens is 6. The summed E-state index contributed by atoms with van der Waals surface area (Å²) in [6, 6.07) is 150. The predicted molar refractivity (Wildman–Crippen MR) is 535 cm³/mol. The summed E-state index contributed by atoms with van der Waals surface area (Å²) >= 11 is 3.60. The Morgan fingerprint density at radius 3 is 1.03 bits per heavy atom. The van der Waals surface area contributed by atoms with Gasteiger partial charge in [-0.2, -0.15) is 0 Å². The lowest BCUT2D eigenvalue weighted by molar-refractivity contribution is 0.670.